The number of aromatic amines is 1. The predicted octanol–water partition coefficient (Wildman–Crippen LogP) is 0.159. The molecule has 228 valence electrons. The molecule has 1 heterocycles. The predicted molar refractivity (Wildman–Crippen MR) is 153 cm³/mol. The molecule has 9 N–H and O–H groups in total. The Labute approximate surface area is 245 Å². The SMILES string of the molecule is NC(CCC(=O)O)C(=O)NC(Cc1ccccc1)C(=O)NC(Cc1c[nH]c2ccccc12)C(=O)NC(CC(=O)O)C(=O)O. The van der Waals surface area contributed by atoms with Crippen LogP contribution in [0.15, 0.2) is 60.8 Å². The lowest BCUT2D eigenvalue weighted by Crippen LogP contribution is -2.58. The first-order valence-corrected chi connectivity index (χ1v) is 13.4. The number of hydrogen-bond acceptors (Lipinski definition) is 7. The summed E-state index contributed by atoms with van der Waals surface area (Å²) >= 11 is 0. The van der Waals surface area contributed by atoms with E-state index in [1.54, 1.807) is 60.8 Å². The monoisotopic (exact) mass is 595 g/mol. The average Bonchev–Trinajstić information content (AvgIpc) is 3.37. The van der Waals surface area contributed by atoms with Crippen molar-refractivity contribution in [3.8, 4) is 0 Å². The number of carbonyl (C=O) groups excluding carboxylic acids is 3. The summed E-state index contributed by atoms with van der Waals surface area (Å²) in [5.41, 5.74) is 7.87. The summed E-state index contributed by atoms with van der Waals surface area (Å²) < 4.78 is 0. The van der Waals surface area contributed by atoms with Gasteiger partial charge in [0.2, 0.25) is 17.7 Å². The largest absolute Gasteiger partial charge is 0.481 e. The Balaban J connectivity index is 1.89. The van der Waals surface area contributed by atoms with Crippen molar-refractivity contribution in [2.75, 3.05) is 0 Å². The third kappa shape index (κ3) is 9.67. The van der Waals surface area contributed by atoms with Gasteiger partial charge >= 0.3 is 17.9 Å². The molecule has 0 bridgehead atoms. The lowest BCUT2D eigenvalue weighted by atomic mass is 10.0. The highest BCUT2D eigenvalue weighted by molar-refractivity contribution is 5.95. The molecular weight excluding hydrogens is 562 g/mol. The number of para-hydroxylation sites is 1. The van der Waals surface area contributed by atoms with Gasteiger partial charge in [-0.05, 0) is 23.6 Å². The topological polar surface area (TPSA) is 241 Å². The molecule has 0 aliphatic heterocycles. The summed E-state index contributed by atoms with van der Waals surface area (Å²) in [5, 5.41) is 35.5. The van der Waals surface area contributed by atoms with E-state index in [4.69, 9.17) is 15.9 Å². The summed E-state index contributed by atoms with van der Waals surface area (Å²) in [6.45, 7) is 0. The van der Waals surface area contributed by atoms with E-state index >= 15 is 0 Å². The summed E-state index contributed by atoms with van der Waals surface area (Å²) in [5.74, 6) is -6.69. The van der Waals surface area contributed by atoms with Crippen molar-refractivity contribution in [3.63, 3.8) is 0 Å². The van der Waals surface area contributed by atoms with Gasteiger partial charge in [0.1, 0.15) is 18.1 Å². The number of carboxylic acid groups (broad SMARTS) is 3. The van der Waals surface area contributed by atoms with Crippen LogP contribution in [0, 0.1) is 0 Å². The Morgan fingerprint density at radius 3 is 1.93 bits per heavy atom. The van der Waals surface area contributed by atoms with Crippen LogP contribution in [0.3, 0.4) is 0 Å². The summed E-state index contributed by atoms with van der Waals surface area (Å²) in [6, 6.07) is 10.2. The first-order valence-electron chi connectivity index (χ1n) is 13.4. The highest BCUT2D eigenvalue weighted by Crippen LogP contribution is 2.19. The molecule has 0 saturated heterocycles. The van der Waals surface area contributed by atoms with Crippen molar-refractivity contribution in [2.45, 2.75) is 56.3 Å². The molecule has 43 heavy (non-hydrogen) atoms. The fourth-order valence-electron chi connectivity index (χ4n) is 4.40. The zero-order chi connectivity index (χ0) is 31.5. The van der Waals surface area contributed by atoms with Gasteiger partial charge in [0.25, 0.3) is 0 Å². The van der Waals surface area contributed by atoms with Gasteiger partial charge in [-0.1, -0.05) is 48.5 Å². The van der Waals surface area contributed by atoms with E-state index in [2.05, 4.69) is 20.9 Å². The van der Waals surface area contributed by atoms with Crippen molar-refractivity contribution in [1.82, 2.24) is 20.9 Å². The van der Waals surface area contributed by atoms with E-state index in [-0.39, 0.29) is 25.7 Å². The lowest BCUT2D eigenvalue weighted by molar-refractivity contribution is -0.147. The van der Waals surface area contributed by atoms with E-state index < -0.39 is 66.2 Å². The average molecular weight is 596 g/mol. The molecule has 3 rings (SSSR count). The molecule has 4 atom stereocenters. The van der Waals surface area contributed by atoms with Crippen LogP contribution >= 0.6 is 0 Å². The van der Waals surface area contributed by atoms with E-state index in [1.807, 2.05) is 0 Å². The van der Waals surface area contributed by atoms with Crippen molar-refractivity contribution >= 4 is 46.5 Å². The standard InChI is InChI=1S/C29H33N5O9/c30-19(10-11-24(35)36)26(39)32-21(12-16-6-2-1-3-7-16)27(40)33-22(28(41)34-23(29(42)43)14-25(37)38)13-17-15-31-20-9-5-4-8-18(17)20/h1-9,15,19,21-23,31H,10-14,30H2,(H,32,39)(H,33,40)(H,34,41)(H,35,36)(H,37,38)(H,42,43). The fraction of sp³-hybridized carbons (Fsp3) is 0.310. The Morgan fingerprint density at radius 1 is 0.721 bits per heavy atom. The van der Waals surface area contributed by atoms with E-state index in [9.17, 15) is 33.9 Å². The van der Waals surface area contributed by atoms with Crippen LogP contribution in [0.2, 0.25) is 0 Å². The molecule has 0 spiro atoms. The summed E-state index contributed by atoms with van der Waals surface area (Å²) in [6.07, 6.45) is 0.0849. The number of carboxylic acids is 3. The number of H-pyrrole nitrogens is 1. The van der Waals surface area contributed by atoms with Crippen LogP contribution in [0.25, 0.3) is 10.9 Å². The quantitative estimate of drug-likeness (QED) is 0.111. The number of carbonyl (C=O) groups is 6. The van der Waals surface area contributed by atoms with Gasteiger partial charge in [0.05, 0.1) is 12.5 Å². The van der Waals surface area contributed by atoms with E-state index in [0.717, 1.165) is 10.9 Å². The zero-order valence-corrected chi connectivity index (χ0v) is 23.0. The van der Waals surface area contributed by atoms with Crippen molar-refractivity contribution < 1.29 is 44.1 Å². The van der Waals surface area contributed by atoms with Crippen LogP contribution in [0.5, 0.6) is 0 Å². The van der Waals surface area contributed by atoms with Gasteiger partial charge < -0.3 is 42.0 Å². The maximum Gasteiger partial charge on any atom is 0.326 e. The second-order valence-electron chi connectivity index (χ2n) is 9.91. The molecule has 4 unspecified atom stereocenters. The Kier molecular flexibility index (Phi) is 11.3. The Hall–Kier alpha value is -5.24. The van der Waals surface area contributed by atoms with Crippen molar-refractivity contribution in [2.24, 2.45) is 5.73 Å². The maximum atomic E-state index is 13.6. The van der Waals surface area contributed by atoms with Gasteiger partial charge in [-0.15, -0.1) is 0 Å². The first-order chi connectivity index (χ1) is 20.4. The van der Waals surface area contributed by atoms with Crippen LogP contribution in [0.4, 0.5) is 0 Å². The van der Waals surface area contributed by atoms with Crippen LogP contribution in [-0.4, -0.2) is 80.1 Å². The third-order valence-corrected chi connectivity index (χ3v) is 6.65. The highest BCUT2D eigenvalue weighted by atomic mass is 16.4. The smallest absolute Gasteiger partial charge is 0.326 e. The van der Waals surface area contributed by atoms with Crippen molar-refractivity contribution in [1.29, 1.82) is 0 Å². The highest BCUT2D eigenvalue weighted by Gasteiger charge is 2.32. The number of fused-ring (bicyclic) bond motifs is 1. The molecule has 0 radical (unpaired) electrons. The lowest BCUT2D eigenvalue weighted by Gasteiger charge is -2.25. The molecule has 3 aromatic rings. The number of benzene rings is 2. The fourth-order valence-corrected chi connectivity index (χ4v) is 4.40. The number of aliphatic carboxylic acids is 3. The summed E-state index contributed by atoms with van der Waals surface area (Å²) in [7, 11) is 0. The van der Waals surface area contributed by atoms with Gasteiger partial charge in [-0.2, -0.15) is 0 Å². The van der Waals surface area contributed by atoms with Crippen LogP contribution in [-0.2, 0) is 41.6 Å². The number of amides is 3. The number of nitrogens with two attached hydrogens (primary N) is 1. The second-order valence-corrected chi connectivity index (χ2v) is 9.91. The first kappa shape index (κ1) is 32.3. The van der Waals surface area contributed by atoms with E-state index in [1.165, 1.54) is 0 Å². The maximum absolute atomic E-state index is 13.6. The molecule has 3 amide bonds. The molecular formula is C29H33N5O9. The molecule has 0 aliphatic carbocycles. The van der Waals surface area contributed by atoms with Crippen LogP contribution < -0.4 is 21.7 Å². The van der Waals surface area contributed by atoms with Crippen LogP contribution in [0.1, 0.15) is 30.4 Å². The van der Waals surface area contributed by atoms with E-state index in [0.29, 0.717) is 11.1 Å². The van der Waals surface area contributed by atoms with Gasteiger partial charge in [-0.25, -0.2) is 4.79 Å². The Morgan fingerprint density at radius 2 is 1.30 bits per heavy atom. The van der Waals surface area contributed by atoms with Crippen molar-refractivity contribution in [3.05, 3.63) is 71.9 Å². The second kappa shape index (κ2) is 15.1. The van der Waals surface area contributed by atoms with Gasteiger partial charge in [0.15, 0.2) is 0 Å². The Bertz CT molecular complexity index is 1470. The number of aromatic nitrogens is 1. The number of hydrogen-bond donors (Lipinski definition) is 8. The molecule has 0 saturated carbocycles. The zero-order valence-electron chi connectivity index (χ0n) is 23.0. The van der Waals surface area contributed by atoms with Gasteiger partial charge in [0, 0.05) is 36.4 Å². The normalized spacial score (nSPS) is 13.7. The minimum absolute atomic E-state index is 0.0117. The molecule has 14 heteroatoms. The number of nitrogens with one attached hydrogen (secondary N) is 4. The number of rotatable bonds is 16. The third-order valence-electron chi connectivity index (χ3n) is 6.65. The minimum atomic E-state index is -1.76. The molecule has 1 aromatic heterocycles. The molecule has 2 aromatic carbocycles. The minimum Gasteiger partial charge on any atom is -0.481 e. The summed E-state index contributed by atoms with van der Waals surface area (Å²) in [4.78, 5) is 76.5. The molecule has 14 nitrogen and oxygen atoms in total. The van der Waals surface area contributed by atoms with Gasteiger partial charge in [-0.3, -0.25) is 24.0 Å². The molecule has 0 fully saturated rings. The molecule has 0 aliphatic rings.